The summed E-state index contributed by atoms with van der Waals surface area (Å²) in [5.41, 5.74) is 7.26. The van der Waals surface area contributed by atoms with Gasteiger partial charge in [0.05, 0.1) is 16.6 Å². The molecule has 1 unspecified atom stereocenters. The van der Waals surface area contributed by atoms with E-state index in [9.17, 15) is 8.60 Å². The van der Waals surface area contributed by atoms with E-state index in [0.29, 0.717) is 16.3 Å². The number of rotatable bonds is 3. The molecule has 94 valence electrons. The highest BCUT2D eigenvalue weighted by Crippen LogP contribution is 2.22. The average Bonchev–Trinajstić information content (AvgIpc) is 2.34. The van der Waals surface area contributed by atoms with Gasteiger partial charge >= 0.3 is 0 Å². The van der Waals surface area contributed by atoms with E-state index in [2.05, 4.69) is 15.9 Å². The molecule has 0 bridgehead atoms. The van der Waals surface area contributed by atoms with Crippen LogP contribution in [0.5, 0.6) is 0 Å². The van der Waals surface area contributed by atoms with Crippen molar-refractivity contribution in [1.82, 2.24) is 0 Å². The summed E-state index contributed by atoms with van der Waals surface area (Å²) in [7, 11) is -1.20. The van der Waals surface area contributed by atoms with E-state index in [1.165, 1.54) is 24.3 Å². The highest BCUT2D eigenvalue weighted by molar-refractivity contribution is 9.10. The van der Waals surface area contributed by atoms with Crippen molar-refractivity contribution in [1.29, 1.82) is 0 Å². The Bertz CT molecular complexity index is 586. The van der Waals surface area contributed by atoms with Gasteiger partial charge < -0.3 is 5.73 Å². The molecule has 0 aliphatic rings. The van der Waals surface area contributed by atoms with Gasteiger partial charge in [0.25, 0.3) is 0 Å². The minimum Gasteiger partial charge on any atom is -0.398 e. The van der Waals surface area contributed by atoms with Crippen LogP contribution in [0.2, 0.25) is 0 Å². The molecule has 0 radical (unpaired) electrons. The summed E-state index contributed by atoms with van der Waals surface area (Å²) in [6.07, 6.45) is 0. The number of halogens is 2. The number of anilines is 1. The Kier molecular flexibility index (Phi) is 4.14. The molecule has 0 aliphatic carbocycles. The molecule has 0 amide bonds. The molecule has 2 aromatic rings. The first kappa shape index (κ1) is 13.2. The Hall–Kier alpha value is -1.20. The van der Waals surface area contributed by atoms with E-state index in [1.807, 2.05) is 12.1 Å². The third-order valence-corrected chi connectivity index (χ3v) is 4.55. The number of hydrogen-bond acceptors (Lipinski definition) is 2. The standard InChI is InChI=1S/C13H11BrFNOS/c14-12-6-1-9(7-13(12)16)8-18(17)11-4-2-10(15)3-5-11/h1-7H,8,16H2. The van der Waals surface area contributed by atoms with Crippen LogP contribution in [0.4, 0.5) is 10.1 Å². The molecule has 0 aromatic heterocycles. The van der Waals surface area contributed by atoms with Crippen LogP contribution in [0.1, 0.15) is 5.56 Å². The van der Waals surface area contributed by atoms with Gasteiger partial charge in [-0.2, -0.15) is 0 Å². The summed E-state index contributed by atoms with van der Waals surface area (Å²) < 4.78 is 25.6. The van der Waals surface area contributed by atoms with Crippen LogP contribution in [-0.2, 0) is 16.6 Å². The van der Waals surface area contributed by atoms with Gasteiger partial charge in [0, 0.05) is 15.1 Å². The smallest absolute Gasteiger partial charge is 0.123 e. The van der Waals surface area contributed by atoms with Crippen molar-refractivity contribution >= 4 is 32.4 Å². The quantitative estimate of drug-likeness (QED) is 0.877. The summed E-state index contributed by atoms with van der Waals surface area (Å²) in [6.45, 7) is 0. The fourth-order valence-corrected chi connectivity index (χ4v) is 2.84. The normalized spacial score (nSPS) is 12.3. The summed E-state index contributed by atoms with van der Waals surface area (Å²) in [4.78, 5) is 0.609. The highest BCUT2D eigenvalue weighted by atomic mass is 79.9. The Morgan fingerprint density at radius 1 is 1.17 bits per heavy atom. The topological polar surface area (TPSA) is 43.1 Å². The lowest BCUT2D eigenvalue weighted by Gasteiger charge is -2.05. The van der Waals surface area contributed by atoms with Gasteiger partial charge in [-0.15, -0.1) is 0 Å². The van der Waals surface area contributed by atoms with Gasteiger partial charge in [-0.25, -0.2) is 4.39 Å². The second-order valence-corrected chi connectivity index (χ2v) is 6.11. The molecule has 0 saturated heterocycles. The van der Waals surface area contributed by atoms with E-state index in [4.69, 9.17) is 5.73 Å². The predicted molar refractivity (Wildman–Crippen MR) is 75.1 cm³/mol. The molecule has 18 heavy (non-hydrogen) atoms. The number of hydrogen-bond donors (Lipinski definition) is 1. The van der Waals surface area contributed by atoms with Gasteiger partial charge in [0.15, 0.2) is 0 Å². The van der Waals surface area contributed by atoms with Gasteiger partial charge in [-0.1, -0.05) is 6.07 Å². The minimum absolute atomic E-state index is 0.330. The fourth-order valence-electron chi connectivity index (χ4n) is 1.50. The first-order valence-corrected chi connectivity index (χ1v) is 7.35. The third-order valence-electron chi connectivity index (χ3n) is 2.43. The average molecular weight is 328 g/mol. The second kappa shape index (κ2) is 5.63. The molecule has 1 atom stereocenters. The Morgan fingerprint density at radius 2 is 1.83 bits per heavy atom. The molecular formula is C13H11BrFNOS. The Balaban J connectivity index is 2.16. The summed E-state index contributed by atoms with van der Waals surface area (Å²) >= 11 is 3.31. The number of nitrogen functional groups attached to an aromatic ring is 1. The maximum Gasteiger partial charge on any atom is 0.123 e. The zero-order valence-corrected chi connectivity index (χ0v) is 11.8. The Morgan fingerprint density at radius 3 is 2.44 bits per heavy atom. The van der Waals surface area contributed by atoms with Crippen molar-refractivity contribution in [2.45, 2.75) is 10.6 Å². The van der Waals surface area contributed by atoms with Crippen molar-refractivity contribution in [2.24, 2.45) is 0 Å². The molecule has 2 rings (SSSR count). The zero-order chi connectivity index (χ0) is 13.1. The molecule has 0 spiro atoms. The van der Waals surface area contributed by atoms with Crippen molar-refractivity contribution in [2.75, 3.05) is 5.73 Å². The predicted octanol–water partition coefficient (Wildman–Crippen LogP) is 3.48. The third kappa shape index (κ3) is 3.17. The van der Waals surface area contributed by atoms with E-state index in [1.54, 1.807) is 6.07 Å². The van der Waals surface area contributed by atoms with Crippen molar-refractivity contribution in [3.05, 3.63) is 58.3 Å². The molecule has 0 heterocycles. The van der Waals surface area contributed by atoms with Gasteiger partial charge in [0.2, 0.25) is 0 Å². The first-order chi connectivity index (χ1) is 8.56. The van der Waals surface area contributed by atoms with Crippen LogP contribution in [0, 0.1) is 5.82 Å². The lowest BCUT2D eigenvalue weighted by atomic mass is 10.2. The van der Waals surface area contributed by atoms with Crippen molar-refractivity contribution in [3.8, 4) is 0 Å². The molecule has 0 saturated carbocycles. The van der Waals surface area contributed by atoms with E-state index < -0.39 is 10.8 Å². The van der Waals surface area contributed by atoms with Crippen LogP contribution >= 0.6 is 15.9 Å². The van der Waals surface area contributed by atoms with Crippen molar-refractivity contribution in [3.63, 3.8) is 0 Å². The maximum atomic E-state index is 12.8. The zero-order valence-electron chi connectivity index (χ0n) is 9.40. The van der Waals surface area contributed by atoms with E-state index >= 15 is 0 Å². The summed E-state index contributed by atoms with van der Waals surface area (Å²) in [6, 6.07) is 11.2. The van der Waals surface area contributed by atoms with Crippen LogP contribution < -0.4 is 5.73 Å². The minimum atomic E-state index is -1.20. The highest BCUT2D eigenvalue weighted by Gasteiger charge is 2.06. The van der Waals surface area contributed by atoms with Crippen LogP contribution in [0.15, 0.2) is 51.8 Å². The summed E-state index contributed by atoms with van der Waals surface area (Å²) in [5.74, 6) is 0.0342. The molecule has 2 N–H and O–H groups in total. The number of nitrogens with two attached hydrogens (primary N) is 1. The van der Waals surface area contributed by atoms with Gasteiger partial charge in [0.1, 0.15) is 5.82 Å². The lowest BCUT2D eigenvalue weighted by molar-refractivity contribution is 0.626. The molecular weight excluding hydrogens is 317 g/mol. The SMILES string of the molecule is Nc1cc(CS(=O)c2ccc(F)cc2)ccc1Br. The molecule has 0 fully saturated rings. The van der Waals surface area contributed by atoms with Gasteiger partial charge in [-0.05, 0) is 57.9 Å². The molecule has 2 nitrogen and oxygen atoms in total. The van der Waals surface area contributed by atoms with Crippen LogP contribution in [0.3, 0.4) is 0 Å². The lowest BCUT2D eigenvalue weighted by Crippen LogP contribution is -1.98. The van der Waals surface area contributed by atoms with E-state index in [0.717, 1.165) is 10.0 Å². The Labute approximate surface area is 116 Å². The van der Waals surface area contributed by atoms with E-state index in [-0.39, 0.29) is 5.82 Å². The van der Waals surface area contributed by atoms with Crippen LogP contribution in [0.25, 0.3) is 0 Å². The van der Waals surface area contributed by atoms with Crippen LogP contribution in [-0.4, -0.2) is 4.21 Å². The largest absolute Gasteiger partial charge is 0.398 e. The fraction of sp³-hybridized carbons (Fsp3) is 0.0769. The maximum absolute atomic E-state index is 12.8. The molecule has 5 heteroatoms. The van der Waals surface area contributed by atoms with Crippen molar-refractivity contribution < 1.29 is 8.60 Å². The summed E-state index contributed by atoms with van der Waals surface area (Å²) in [5, 5.41) is 0. The molecule has 2 aromatic carbocycles. The van der Waals surface area contributed by atoms with Gasteiger partial charge in [-0.3, -0.25) is 4.21 Å². The first-order valence-electron chi connectivity index (χ1n) is 5.24. The second-order valence-electron chi connectivity index (χ2n) is 3.80. The number of benzene rings is 2. The molecule has 0 aliphatic heterocycles. The monoisotopic (exact) mass is 327 g/mol.